The molecule has 5 nitrogen and oxygen atoms in total. The Hall–Kier alpha value is -1.88. The van der Waals surface area contributed by atoms with Gasteiger partial charge in [0.05, 0.1) is 11.4 Å². The number of benzene rings is 1. The quantitative estimate of drug-likeness (QED) is 0.836. The van der Waals surface area contributed by atoms with Gasteiger partial charge in [-0.05, 0) is 31.5 Å². The minimum absolute atomic E-state index is 0.0155. The highest BCUT2D eigenvalue weighted by Gasteiger charge is 2.28. The Morgan fingerprint density at radius 1 is 1.37 bits per heavy atom. The molecule has 1 unspecified atom stereocenters. The monoisotopic (exact) mass is 259 g/mol. The van der Waals surface area contributed by atoms with Crippen molar-refractivity contribution in [2.75, 3.05) is 23.3 Å². The first-order chi connectivity index (χ1) is 9.24. The van der Waals surface area contributed by atoms with E-state index in [9.17, 15) is 9.59 Å². The minimum Gasteiger partial charge on any atom is -0.323 e. The van der Waals surface area contributed by atoms with Crippen LogP contribution in [0.4, 0.5) is 11.4 Å². The normalized spacial score (nSPS) is 22.0. The van der Waals surface area contributed by atoms with E-state index < -0.39 is 0 Å². The molecule has 19 heavy (non-hydrogen) atoms. The second-order valence-electron chi connectivity index (χ2n) is 5.04. The molecule has 2 aliphatic heterocycles. The van der Waals surface area contributed by atoms with Gasteiger partial charge in [0.25, 0.3) is 0 Å². The summed E-state index contributed by atoms with van der Waals surface area (Å²) in [4.78, 5) is 25.6. The molecule has 1 atom stereocenters. The molecule has 0 bridgehead atoms. The van der Waals surface area contributed by atoms with Gasteiger partial charge in [0.1, 0.15) is 6.54 Å². The molecule has 2 N–H and O–H groups in total. The van der Waals surface area contributed by atoms with E-state index in [2.05, 4.69) is 10.6 Å². The zero-order chi connectivity index (χ0) is 13.2. The summed E-state index contributed by atoms with van der Waals surface area (Å²) < 4.78 is 0. The lowest BCUT2D eigenvalue weighted by Gasteiger charge is -2.29. The molecule has 2 heterocycles. The molecule has 2 aliphatic rings. The number of carbonyl (C=O) groups is 2. The van der Waals surface area contributed by atoms with E-state index in [0.29, 0.717) is 12.1 Å². The van der Waals surface area contributed by atoms with Gasteiger partial charge in [0, 0.05) is 12.5 Å². The van der Waals surface area contributed by atoms with Crippen LogP contribution in [0.15, 0.2) is 24.3 Å². The number of nitrogens with one attached hydrogen (secondary N) is 2. The Labute approximate surface area is 112 Å². The zero-order valence-electron chi connectivity index (χ0n) is 10.7. The Balaban J connectivity index is 1.79. The molecule has 3 rings (SSSR count). The number of para-hydroxylation sites is 2. The van der Waals surface area contributed by atoms with E-state index in [0.717, 1.165) is 25.1 Å². The minimum atomic E-state index is -0.133. The fourth-order valence-corrected chi connectivity index (χ4v) is 2.71. The standard InChI is InChI=1S/C14H17N3O2/c18-13-9-17(12-6-2-1-5-11(12)16-13)14(19)8-10-4-3-7-15-10/h1-2,5-6,10,15H,3-4,7-9H2,(H,16,18). The highest BCUT2D eigenvalue weighted by molar-refractivity contribution is 6.09. The molecular weight excluding hydrogens is 242 g/mol. The van der Waals surface area contributed by atoms with Crippen LogP contribution in [0.5, 0.6) is 0 Å². The first-order valence-corrected chi connectivity index (χ1v) is 6.66. The summed E-state index contributed by atoms with van der Waals surface area (Å²) in [6.07, 6.45) is 2.62. The second kappa shape index (κ2) is 5.01. The average Bonchev–Trinajstić information content (AvgIpc) is 2.90. The van der Waals surface area contributed by atoms with Gasteiger partial charge in [0.2, 0.25) is 11.8 Å². The first-order valence-electron chi connectivity index (χ1n) is 6.66. The van der Waals surface area contributed by atoms with Crippen molar-refractivity contribution >= 4 is 23.2 Å². The second-order valence-corrected chi connectivity index (χ2v) is 5.04. The van der Waals surface area contributed by atoms with E-state index in [1.54, 1.807) is 4.90 Å². The van der Waals surface area contributed by atoms with Gasteiger partial charge in [-0.25, -0.2) is 0 Å². The fraction of sp³-hybridized carbons (Fsp3) is 0.429. The number of nitrogens with zero attached hydrogens (tertiary/aromatic N) is 1. The van der Waals surface area contributed by atoms with Gasteiger partial charge in [0.15, 0.2) is 0 Å². The number of amides is 2. The number of hydrogen-bond acceptors (Lipinski definition) is 3. The van der Waals surface area contributed by atoms with Gasteiger partial charge in [-0.2, -0.15) is 0 Å². The van der Waals surface area contributed by atoms with Crippen molar-refractivity contribution in [2.24, 2.45) is 0 Å². The third kappa shape index (κ3) is 2.46. The van der Waals surface area contributed by atoms with Crippen LogP contribution in [0.3, 0.4) is 0 Å². The number of hydrogen-bond donors (Lipinski definition) is 2. The van der Waals surface area contributed by atoms with Gasteiger partial charge in [-0.1, -0.05) is 12.1 Å². The lowest BCUT2D eigenvalue weighted by molar-refractivity contribution is -0.122. The van der Waals surface area contributed by atoms with Crippen molar-refractivity contribution in [3.63, 3.8) is 0 Å². The molecule has 0 radical (unpaired) electrons. The Morgan fingerprint density at radius 2 is 2.21 bits per heavy atom. The van der Waals surface area contributed by atoms with E-state index in [1.807, 2.05) is 24.3 Å². The predicted octanol–water partition coefficient (Wildman–Crippen LogP) is 1.11. The fourth-order valence-electron chi connectivity index (χ4n) is 2.71. The molecule has 2 amide bonds. The summed E-state index contributed by atoms with van der Waals surface area (Å²) >= 11 is 0. The SMILES string of the molecule is O=C1CN(C(=O)CC2CCCN2)c2ccccc2N1. The van der Waals surface area contributed by atoms with E-state index in [1.165, 1.54) is 0 Å². The number of fused-ring (bicyclic) bond motifs is 1. The summed E-state index contributed by atoms with van der Waals surface area (Å²) in [5.74, 6) is -0.117. The highest BCUT2D eigenvalue weighted by atomic mass is 16.2. The maximum Gasteiger partial charge on any atom is 0.244 e. The van der Waals surface area contributed by atoms with Gasteiger partial charge >= 0.3 is 0 Å². The smallest absolute Gasteiger partial charge is 0.244 e. The Bertz CT molecular complexity index is 509. The third-order valence-corrected chi connectivity index (χ3v) is 3.66. The summed E-state index contributed by atoms with van der Waals surface area (Å²) in [6, 6.07) is 7.68. The van der Waals surface area contributed by atoms with Crippen LogP contribution >= 0.6 is 0 Å². The summed E-state index contributed by atoms with van der Waals surface area (Å²) in [5.41, 5.74) is 1.51. The maximum atomic E-state index is 12.4. The van der Waals surface area contributed by atoms with Crippen molar-refractivity contribution in [3.8, 4) is 0 Å². The molecule has 1 aromatic carbocycles. The maximum absolute atomic E-state index is 12.4. The van der Waals surface area contributed by atoms with Crippen molar-refractivity contribution in [1.82, 2.24) is 5.32 Å². The van der Waals surface area contributed by atoms with Crippen molar-refractivity contribution in [2.45, 2.75) is 25.3 Å². The first kappa shape index (κ1) is 12.2. The average molecular weight is 259 g/mol. The van der Waals surface area contributed by atoms with Crippen molar-refractivity contribution in [1.29, 1.82) is 0 Å². The highest BCUT2D eigenvalue weighted by Crippen LogP contribution is 2.29. The number of carbonyl (C=O) groups excluding carboxylic acids is 2. The number of rotatable bonds is 2. The van der Waals surface area contributed by atoms with E-state index in [4.69, 9.17) is 0 Å². The Morgan fingerprint density at radius 3 is 3.00 bits per heavy atom. The molecular formula is C14H17N3O2. The van der Waals surface area contributed by atoms with Crippen LogP contribution in [-0.2, 0) is 9.59 Å². The molecule has 0 saturated carbocycles. The molecule has 1 aromatic rings. The molecule has 1 saturated heterocycles. The van der Waals surface area contributed by atoms with E-state index >= 15 is 0 Å². The van der Waals surface area contributed by atoms with Crippen LogP contribution in [0.2, 0.25) is 0 Å². The van der Waals surface area contributed by atoms with Crippen LogP contribution in [-0.4, -0.2) is 30.9 Å². The predicted molar refractivity (Wildman–Crippen MR) is 73.1 cm³/mol. The molecule has 5 heteroatoms. The molecule has 0 spiro atoms. The van der Waals surface area contributed by atoms with E-state index in [-0.39, 0.29) is 24.4 Å². The summed E-state index contributed by atoms with van der Waals surface area (Å²) in [5, 5.41) is 6.10. The van der Waals surface area contributed by atoms with Gasteiger partial charge in [-0.3, -0.25) is 9.59 Å². The summed E-state index contributed by atoms with van der Waals surface area (Å²) in [6.45, 7) is 1.09. The molecule has 100 valence electrons. The topological polar surface area (TPSA) is 61.4 Å². The number of anilines is 2. The molecule has 0 aliphatic carbocycles. The molecule has 0 aromatic heterocycles. The zero-order valence-corrected chi connectivity index (χ0v) is 10.7. The van der Waals surface area contributed by atoms with Crippen LogP contribution in [0.25, 0.3) is 0 Å². The largest absolute Gasteiger partial charge is 0.323 e. The van der Waals surface area contributed by atoms with Crippen molar-refractivity contribution < 1.29 is 9.59 Å². The van der Waals surface area contributed by atoms with Crippen LogP contribution in [0, 0.1) is 0 Å². The lowest BCUT2D eigenvalue weighted by atomic mass is 10.1. The van der Waals surface area contributed by atoms with Gasteiger partial charge in [-0.15, -0.1) is 0 Å². The summed E-state index contributed by atoms with van der Waals surface area (Å²) in [7, 11) is 0. The molecule has 1 fully saturated rings. The van der Waals surface area contributed by atoms with Crippen molar-refractivity contribution in [3.05, 3.63) is 24.3 Å². The lowest BCUT2D eigenvalue weighted by Crippen LogP contribution is -2.44. The van der Waals surface area contributed by atoms with Gasteiger partial charge < -0.3 is 15.5 Å². The van der Waals surface area contributed by atoms with Crippen LogP contribution < -0.4 is 15.5 Å². The van der Waals surface area contributed by atoms with Crippen LogP contribution in [0.1, 0.15) is 19.3 Å². The third-order valence-electron chi connectivity index (χ3n) is 3.66. The Kier molecular flexibility index (Phi) is 3.21.